The highest BCUT2D eigenvalue weighted by Gasteiger charge is 2.27. The molecule has 1 aromatic rings. The van der Waals surface area contributed by atoms with E-state index < -0.39 is 0 Å². The summed E-state index contributed by atoms with van der Waals surface area (Å²) in [4.78, 5) is 23.8. The summed E-state index contributed by atoms with van der Waals surface area (Å²) < 4.78 is 5.55. The van der Waals surface area contributed by atoms with Crippen LogP contribution in [0.1, 0.15) is 12.0 Å². The maximum atomic E-state index is 11.3. The van der Waals surface area contributed by atoms with Gasteiger partial charge >= 0.3 is 6.03 Å². The molecule has 102 valence electrons. The van der Waals surface area contributed by atoms with Crippen LogP contribution in [0.5, 0.6) is 5.75 Å². The predicted molar refractivity (Wildman–Crippen MR) is 69.6 cm³/mol. The van der Waals surface area contributed by atoms with Crippen molar-refractivity contribution in [1.82, 2.24) is 10.2 Å². The molecule has 2 rings (SSSR count). The molecule has 0 radical (unpaired) electrons. The van der Waals surface area contributed by atoms with Crippen molar-refractivity contribution in [2.24, 2.45) is 5.73 Å². The molecule has 0 aliphatic carbocycles. The Balaban J connectivity index is 1.74. The third-order valence-electron chi connectivity index (χ3n) is 2.87. The molecule has 1 aromatic carbocycles. The smallest absolute Gasteiger partial charge is 0.324 e. The first-order valence-electron chi connectivity index (χ1n) is 6.20. The average molecular weight is 263 g/mol. The van der Waals surface area contributed by atoms with Gasteiger partial charge in [-0.15, -0.1) is 0 Å². The van der Waals surface area contributed by atoms with Crippen molar-refractivity contribution in [2.45, 2.75) is 13.0 Å². The van der Waals surface area contributed by atoms with Crippen molar-refractivity contribution < 1.29 is 14.3 Å². The zero-order valence-corrected chi connectivity index (χ0v) is 10.6. The molecule has 6 nitrogen and oxygen atoms in total. The molecule has 0 unspecified atom stereocenters. The first kappa shape index (κ1) is 13.4. The summed E-state index contributed by atoms with van der Waals surface area (Å²) in [6.45, 7) is 1.39. The number of benzene rings is 1. The number of imide groups is 1. The molecule has 0 aromatic heterocycles. The average Bonchev–Trinajstić information content (AvgIpc) is 2.75. The summed E-state index contributed by atoms with van der Waals surface area (Å²) in [6.07, 6.45) is 0.603. The van der Waals surface area contributed by atoms with Crippen LogP contribution in [0.2, 0.25) is 0 Å². The van der Waals surface area contributed by atoms with Gasteiger partial charge in [0.15, 0.2) is 0 Å². The molecule has 1 fully saturated rings. The lowest BCUT2D eigenvalue weighted by Gasteiger charge is -2.12. The van der Waals surface area contributed by atoms with E-state index in [0.29, 0.717) is 26.1 Å². The van der Waals surface area contributed by atoms with Gasteiger partial charge in [-0.2, -0.15) is 0 Å². The Morgan fingerprint density at radius 3 is 2.89 bits per heavy atom. The number of urea groups is 1. The number of nitrogens with two attached hydrogens (primary N) is 1. The molecule has 0 bridgehead atoms. The van der Waals surface area contributed by atoms with Gasteiger partial charge in [0.1, 0.15) is 5.75 Å². The summed E-state index contributed by atoms with van der Waals surface area (Å²) in [5.41, 5.74) is 6.55. The summed E-state index contributed by atoms with van der Waals surface area (Å²) in [7, 11) is 0. The second-order valence-corrected chi connectivity index (χ2v) is 4.26. The third-order valence-corrected chi connectivity index (χ3v) is 2.87. The minimum Gasteiger partial charge on any atom is -0.494 e. The van der Waals surface area contributed by atoms with Crippen LogP contribution >= 0.6 is 0 Å². The maximum absolute atomic E-state index is 11.3. The second-order valence-electron chi connectivity index (χ2n) is 4.26. The molecular formula is C13H17N3O3. The van der Waals surface area contributed by atoms with Crippen molar-refractivity contribution in [3.8, 4) is 5.75 Å². The molecule has 0 spiro atoms. The molecule has 19 heavy (non-hydrogen) atoms. The Bertz CT molecular complexity index is 460. The lowest BCUT2D eigenvalue weighted by atomic mass is 10.2. The Morgan fingerprint density at radius 2 is 2.21 bits per heavy atom. The molecule has 6 heteroatoms. The maximum Gasteiger partial charge on any atom is 0.324 e. The van der Waals surface area contributed by atoms with E-state index in [1.807, 2.05) is 24.3 Å². The van der Waals surface area contributed by atoms with E-state index in [2.05, 4.69) is 5.32 Å². The Kier molecular flexibility index (Phi) is 4.35. The minimum atomic E-state index is -0.324. The van der Waals surface area contributed by atoms with Crippen LogP contribution in [-0.2, 0) is 11.3 Å². The number of carbonyl (C=O) groups is 2. The number of rotatable bonds is 6. The standard InChI is InChI=1S/C13H17N3O3/c14-8-10-3-1-4-11(7-10)19-6-2-5-16-12(17)9-15-13(16)18/h1,3-4,7H,2,5-6,8-9,14H2,(H,15,18). The van der Waals surface area contributed by atoms with Crippen molar-refractivity contribution in [3.63, 3.8) is 0 Å². The van der Waals surface area contributed by atoms with Crippen LogP contribution in [0.15, 0.2) is 24.3 Å². The van der Waals surface area contributed by atoms with E-state index in [-0.39, 0.29) is 18.5 Å². The zero-order chi connectivity index (χ0) is 13.7. The van der Waals surface area contributed by atoms with Crippen molar-refractivity contribution in [3.05, 3.63) is 29.8 Å². The van der Waals surface area contributed by atoms with Gasteiger partial charge in [-0.05, 0) is 24.1 Å². The largest absolute Gasteiger partial charge is 0.494 e. The van der Waals surface area contributed by atoms with Gasteiger partial charge in [0.2, 0.25) is 5.91 Å². The van der Waals surface area contributed by atoms with E-state index in [0.717, 1.165) is 11.3 Å². The van der Waals surface area contributed by atoms with Gasteiger partial charge in [-0.25, -0.2) is 4.79 Å². The fourth-order valence-electron chi connectivity index (χ4n) is 1.86. The normalized spacial score (nSPS) is 14.7. The van der Waals surface area contributed by atoms with Gasteiger partial charge in [0.25, 0.3) is 0 Å². The van der Waals surface area contributed by atoms with Gasteiger partial charge in [-0.3, -0.25) is 9.69 Å². The molecule has 3 amide bonds. The SMILES string of the molecule is NCc1cccc(OCCCN2C(=O)CNC2=O)c1. The summed E-state index contributed by atoms with van der Waals surface area (Å²) >= 11 is 0. The van der Waals surface area contributed by atoms with Crippen LogP contribution in [0.25, 0.3) is 0 Å². The minimum absolute atomic E-state index is 0.0955. The molecule has 0 saturated carbocycles. The lowest BCUT2D eigenvalue weighted by Crippen LogP contribution is -2.32. The lowest BCUT2D eigenvalue weighted by molar-refractivity contribution is -0.125. The number of nitrogens with one attached hydrogen (secondary N) is 1. The second kappa shape index (κ2) is 6.19. The predicted octanol–water partition coefficient (Wildman–Crippen LogP) is 0.466. The fourth-order valence-corrected chi connectivity index (χ4v) is 1.86. The number of hydrogen-bond acceptors (Lipinski definition) is 4. The van der Waals surface area contributed by atoms with Gasteiger partial charge < -0.3 is 15.8 Å². The van der Waals surface area contributed by atoms with E-state index >= 15 is 0 Å². The Hall–Kier alpha value is -2.08. The monoisotopic (exact) mass is 263 g/mol. The number of hydrogen-bond donors (Lipinski definition) is 2. The van der Waals surface area contributed by atoms with Crippen molar-refractivity contribution >= 4 is 11.9 Å². The quantitative estimate of drug-likeness (QED) is 0.577. The van der Waals surface area contributed by atoms with E-state index in [4.69, 9.17) is 10.5 Å². The van der Waals surface area contributed by atoms with Crippen molar-refractivity contribution in [1.29, 1.82) is 0 Å². The van der Waals surface area contributed by atoms with Crippen LogP contribution < -0.4 is 15.8 Å². The Labute approximate surface area is 111 Å². The highest BCUT2D eigenvalue weighted by Crippen LogP contribution is 2.13. The molecule has 1 aliphatic rings. The van der Waals surface area contributed by atoms with Crippen molar-refractivity contribution in [2.75, 3.05) is 19.7 Å². The summed E-state index contributed by atoms with van der Waals surface area (Å²) in [5.74, 6) is 0.565. The highest BCUT2D eigenvalue weighted by molar-refractivity contribution is 6.01. The van der Waals surface area contributed by atoms with Crippen LogP contribution in [0, 0.1) is 0 Å². The molecule has 1 saturated heterocycles. The molecular weight excluding hydrogens is 246 g/mol. The van der Waals surface area contributed by atoms with E-state index in [1.165, 1.54) is 4.90 Å². The van der Waals surface area contributed by atoms with Gasteiger partial charge in [-0.1, -0.05) is 12.1 Å². The highest BCUT2D eigenvalue weighted by atomic mass is 16.5. The number of ether oxygens (including phenoxy) is 1. The molecule has 3 N–H and O–H groups in total. The van der Waals surface area contributed by atoms with Gasteiger partial charge in [0.05, 0.1) is 13.2 Å². The number of carbonyl (C=O) groups excluding carboxylic acids is 2. The molecule has 1 aliphatic heterocycles. The topological polar surface area (TPSA) is 84.7 Å². The number of nitrogens with zero attached hydrogens (tertiary/aromatic N) is 1. The van der Waals surface area contributed by atoms with Gasteiger partial charge in [0, 0.05) is 13.1 Å². The number of amides is 3. The first-order valence-corrected chi connectivity index (χ1v) is 6.20. The molecule has 1 heterocycles. The zero-order valence-electron chi connectivity index (χ0n) is 10.6. The van der Waals surface area contributed by atoms with E-state index in [1.54, 1.807) is 0 Å². The molecule has 0 atom stereocenters. The summed E-state index contributed by atoms with van der Waals surface area (Å²) in [5, 5.41) is 2.48. The Morgan fingerprint density at radius 1 is 1.37 bits per heavy atom. The summed E-state index contributed by atoms with van der Waals surface area (Å²) in [6, 6.07) is 7.23. The third kappa shape index (κ3) is 3.45. The fraction of sp³-hybridized carbons (Fsp3) is 0.385. The van der Waals surface area contributed by atoms with Crippen LogP contribution in [0.4, 0.5) is 4.79 Å². The first-order chi connectivity index (χ1) is 9.20. The van der Waals surface area contributed by atoms with Crippen LogP contribution in [0.3, 0.4) is 0 Å². The van der Waals surface area contributed by atoms with E-state index in [9.17, 15) is 9.59 Å². The van der Waals surface area contributed by atoms with Crippen LogP contribution in [-0.4, -0.2) is 36.5 Å².